The highest BCUT2D eigenvalue weighted by atomic mass is 15.0. The Balaban J connectivity index is 1.11. The molecule has 0 atom stereocenters. The summed E-state index contributed by atoms with van der Waals surface area (Å²) in [5.74, 6) is 0. The van der Waals surface area contributed by atoms with E-state index in [1.165, 1.54) is 0 Å². The Labute approximate surface area is 380 Å². The second-order valence-corrected chi connectivity index (χ2v) is 16.5. The predicted molar refractivity (Wildman–Crippen MR) is 267 cm³/mol. The van der Waals surface area contributed by atoms with Crippen molar-refractivity contribution in [3.05, 3.63) is 230 Å². The first-order valence-electron chi connectivity index (χ1n) is 21.8. The highest BCUT2D eigenvalue weighted by Gasteiger charge is 2.24. The maximum absolute atomic E-state index is 10.9. The van der Waals surface area contributed by atoms with E-state index < -0.39 is 0 Å². The monoisotopic (exact) mass is 840 g/mol. The van der Waals surface area contributed by atoms with Crippen LogP contribution in [0.5, 0.6) is 0 Å². The van der Waals surface area contributed by atoms with E-state index in [1.54, 1.807) is 0 Å². The molecule has 306 valence electrons. The van der Waals surface area contributed by atoms with E-state index in [-0.39, 0.29) is 0 Å². The van der Waals surface area contributed by atoms with Gasteiger partial charge in [-0.3, -0.25) is 9.97 Å². The molecule has 4 heterocycles. The smallest absolute Gasteiger partial charge is 0.0993 e. The molecule has 0 radical (unpaired) electrons. The molecule has 6 nitrogen and oxygen atoms in total. The summed E-state index contributed by atoms with van der Waals surface area (Å²) in [6.45, 7) is 0. The van der Waals surface area contributed by atoms with Crippen LogP contribution in [0.4, 0.5) is 0 Å². The van der Waals surface area contributed by atoms with Crippen LogP contribution < -0.4 is 0 Å². The topological polar surface area (TPSA) is 83.2 Å². The fourth-order valence-electron chi connectivity index (χ4n) is 9.65. The molecule has 0 aliphatic heterocycles. The number of hydrogen-bond acceptors (Lipinski definition) is 4. The zero-order chi connectivity index (χ0) is 44.1. The van der Waals surface area contributed by atoms with Gasteiger partial charge in [-0.15, -0.1) is 0 Å². The number of nitrogens with zero attached hydrogens (tertiary/aromatic N) is 6. The van der Waals surface area contributed by atoms with Crippen LogP contribution >= 0.6 is 0 Å². The number of hydrogen-bond donors (Lipinski definition) is 0. The van der Waals surface area contributed by atoms with Crippen LogP contribution in [0.1, 0.15) is 11.1 Å². The first-order valence-corrected chi connectivity index (χ1v) is 21.8. The minimum absolute atomic E-state index is 0.515. The average Bonchev–Trinajstić information content (AvgIpc) is 3.91. The number of aromatic nitrogens is 4. The van der Waals surface area contributed by atoms with E-state index in [4.69, 9.17) is 9.97 Å². The number of nitriles is 2. The molecule has 0 unspecified atom stereocenters. The molecule has 0 N–H and O–H groups in total. The van der Waals surface area contributed by atoms with E-state index in [2.05, 4.69) is 161 Å². The van der Waals surface area contributed by atoms with E-state index >= 15 is 0 Å². The summed E-state index contributed by atoms with van der Waals surface area (Å²) >= 11 is 0. The lowest BCUT2D eigenvalue weighted by atomic mass is 9.96. The Kier molecular flexibility index (Phi) is 9.16. The van der Waals surface area contributed by atoms with E-state index in [0.717, 1.165) is 111 Å². The molecule has 0 aliphatic carbocycles. The Hall–Kier alpha value is -9.36. The van der Waals surface area contributed by atoms with Crippen molar-refractivity contribution in [3.63, 3.8) is 0 Å². The van der Waals surface area contributed by atoms with Crippen LogP contribution in [-0.4, -0.2) is 19.1 Å². The largest absolute Gasteiger partial charge is 0.308 e. The maximum Gasteiger partial charge on any atom is 0.0993 e. The molecule has 0 aliphatic rings. The summed E-state index contributed by atoms with van der Waals surface area (Å²) < 4.78 is 4.57. The van der Waals surface area contributed by atoms with Crippen molar-refractivity contribution in [3.8, 4) is 79.4 Å². The van der Waals surface area contributed by atoms with Gasteiger partial charge in [-0.1, -0.05) is 121 Å². The third-order valence-electron chi connectivity index (χ3n) is 12.7. The first kappa shape index (κ1) is 38.3. The molecule has 0 amide bonds. The van der Waals surface area contributed by atoms with Gasteiger partial charge in [0.1, 0.15) is 0 Å². The lowest BCUT2D eigenvalue weighted by molar-refractivity contribution is 1.13. The highest BCUT2D eigenvalue weighted by molar-refractivity contribution is 6.13. The number of pyridine rings is 2. The molecule has 66 heavy (non-hydrogen) atoms. The van der Waals surface area contributed by atoms with Crippen LogP contribution in [0.25, 0.3) is 111 Å². The van der Waals surface area contributed by atoms with Gasteiger partial charge in [-0.05, 0) is 113 Å². The van der Waals surface area contributed by atoms with Crippen molar-refractivity contribution in [2.45, 2.75) is 0 Å². The fourth-order valence-corrected chi connectivity index (χ4v) is 9.65. The molecular weight excluding hydrogens is 805 g/mol. The van der Waals surface area contributed by atoms with Gasteiger partial charge in [0.05, 0.1) is 68.1 Å². The van der Waals surface area contributed by atoms with Gasteiger partial charge >= 0.3 is 0 Å². The van der Waals surface area contributed by atoms with Gasteiger partial charge in [0.2, 0.25) is 0 Å². The quantitative estimate of drug-likeness (QED) is 0.160. The third-order valence-corrected chi connectivity index (χ3v) is 12.7. The molecule has 0 saturated carbocycles. The average molecular weight is 841 g/mol. The Morgan fingerprint density at radius 3 is 1.26 bits per heavy atom. The van der Waals surface area contributed by atoms with Gasteiger partial charge in [-0.2, -0.15) is 10.5 Å². The Morgan fingerprint density at radius 1 is 0.318 bits per heavy atom. The van der Waals surface area contributed by atoms with E-state index in [9.17, 15) is 10.5 Å². The standard InChI is InChI=1S/C60H36N6/c61-37-39-12-11-17-47(30-39)60-58(65-54-20-9-7-18-48(54)50-33-43(22-24-56(50)65)45-26-28-63-52(35-45)41-13-3-1-4-14-41)31-40(38-62)32-59(60)66-55-21-10-8-19-49(55)51-34-44(23-25-57(51)66)46-27-29-64-53(36-46)42-15-5-2-6-16-42/h1-36H. The minimum Gasteiger partial charge on any atom is -0.308 e. The highest BCUT2D eigenvalue weighted by Crippen LogP contribution is 2.44. The van der Waals surface area contributed by atoms with Crippen molar-refractivity contribution in [1.82, 2.24) is 19.1 Å². The number of para-hydroxylation sites is 2. The fraction of sp³-hybridized carbons (Fsp3) is 0. The van der Waals surface area contributed by atoms with Crippen molar-refractivity contribution in [1.29, 1.82) is 10.5 Å². The normalized spacial score (nSPS) is 11.3. The molecule has 12 rings (SSSR count). The van der Waals surface area contributed by atoms with Gasteiger partial charge < -0.3 is 9.13 Å². The number of fused-ring (bicyclic) bond motifs is 6. The van der Waals surface area contributed by atoms with Gasteiger partial charge in [-0.25, -0.2) is 0 Å². The van der Waals surface area contributed by atoms with Gasteiger partial charge in [0.25, 0.3) is 0 Å². The molecule has 0 bridgehead atoms. The van der Waals surface area contributed by atoms with Crippen LogP contribution in [0.3, 0.4) is 0 Å². The van der Waals surface area contributed by atoms with E-state index in [0.29, 0.717) is 11.1 Å². The molecule has 0 fully saturated rings. The summed E-state index contributed by atoms with van der Waals surface area (Å²) in [4.78, 5) is 9.40. The Bertz CT molecular complexity index is 3740. The molecule has 0 saturated heterocycles. The zero-order valence-electron chi connectivity index (χ0n) is 35.5. The van der Waals surface area contributed by atoms with Crippen LogP contribution in [0.15, 0.2) is 219 Å². The second kappa shape index (κ2) is 15.8. The van der Waals surface area contributed by atoms with Gasteiger partial charge in [0.15, 0.2) is 0 Å². The number of benzene rings is 8. The molecule has 12 aromatic rings. The summed E-state index contributed by atoms with van der Waals surface area (Å²) in [6.07, 6.45) is 3.75. The van der Waals surface area contributed by atoms with Crippen molar-refractivity contribution < 1.29 is 0 Å². The molecule has 6 heteroatoms. The second-order valence-electron chi connectivity index (χ2n) is 16.5. The SMILES string of the molecule is N#Cc1cccc(-c2c(-n3c4ccccc4c4cc(-c5ccnc(-c6ccccc6)c5)ccc43)cc(C#N)cc2-n2c3ccccc3c3cc(-c4ccnc(-c5ccccc5)c4)ccc32)c1. The molecular formula is C60H36N6. The number of rotatable bonds is 7. The summed E-state index contributed by atoms with van der Waals surface area (Å²) in [5, 5.41) is 25.5. The molecule has 8 aromatic carbocycles. The molecule has 4 aromatic heterocycles. The summed E-state index contributed by atoms with van der Waals surface area (Å²) in [6, 6.07) is 75.7. The summed E-state index contributed by atoms with van der Waals surface area (Å²) in [7, 11) is 0. The lowest BCUT2D eigenvalue weighted by Crippen LogP contribution is -2.05. The Morgan fingerprint density at radius 2 is 0.758 bits per heavy atom. The maximum atomic E-state index is 10.9. The van der Waals surface area contributed by atoms with Gasteiger partial charge in [0, 0.05) is 50.6 Å². The van der Waals surface area contributed by atoms with Crippen LogP contribution in [0, 0.1) is 22.7 Å². The van der Waals surface area contributed by atoms with Crippen molar-refractivity contribution in [2.75, 3.05) is 0 Å². The predicted octanol–water partition coefficient (Wildman–Crippen LogP) is 14.7. The first-order chi connectivity index (χ1) is 32.6. The van der Waals surface area contributed by atoms with Crippen molar-refractivity contribution >= 4 is 43.6 Å². The van der Waals surface area contributed by atoms with Crippen LogP contribution in [0.2, 0.25) is 0 Å². The summed E-state index contributed by atoms with van der Waals surface area (Å²) in [5.41, 5.74) is 16.7. The lowest BCUT2D eigenvalue weighted by Gasteiger charge is -2.21. The zero-order valence-corrected chi connectivity index (χ0v) is 35.5. The third kappa shape index (κ3) is 6.41. The van der Waals surface area contributed by atoms with Crippen LogP contribution in [-0.2, 0) is 0 Å². The molecule has 0 spiro atoms. The minimum atomic E-state index is 0.515. The van der Waals surface area contributed by atoms with E-state index in [1.807, 2.05) is 79.1 Å². The van der Waals surface area contributed by atoms with Crippen molar-refractivity contribution in [2.24, 2.45) is 0 Å².